The second-order valence-corrected chi connectivity index (χ2v) is 3.46. The second kappa shape index (κ2) is 5.57. The van der Waals surface area contributed by atoms with Gasteiger partial charge in [0.2, 0.25) is 0 Å². The molecule has 0 aliphatic rings. The van der Waals surface area contributed by atoms with Gasteiger partial charge in [0, 0.05) is 6.07 Å². The van der Waals surface area contributed by atoms with E-state index in [4.69, 9.17) is 5.26 Å². The topological polar surface area (TPSA) is 27.0 Å². The van der Waals surface area contributed by atoms with Gasteiger partial charge in [0.15, 0.2) is 0 Å². The predicted octanol–water partition coefficient (Wildman–Crippen LogP) is 2.87. The second-order valence-electron chi connectivity index (χ2n) is 3.46. The average molecular weight is 224 g/mol. The van der Waals surface area contributed by atoms with Gasteiger partial charge in [0.05, 0.1) is 6.07 Å². The molecule has 0 saturated carbocycles. The van der Waals surface area contributed by atoms with E-state index in [1.807, 2.05) is 18.7 Å². The fraction of sp³-hybridized carbons (Fsp3) is 0.417. The molecule has 1 rings (SSSR count). The van der Waals surface area contributed by atoms with Crippen molar-refractivity contribution in [2.24, 2.45) is 0 Å². The summed E-state index contributed by atoms with van der Waals surface area (Å²) in [5.41, 5.74) is 0.365. The maximum absolute atomic E-state index is 13.0. The van der Waals surface area contributed by atoms with Crippen LogP contribution in [-0.2, 0) is 0 Å². The van der Waals surface area contributed by atoms with Crippen LogP contribution in [0.4, 0.5) is 8.78 Å². The minimum atomic E-state index is -0.651. The Morgan fingerprint density at radius 1 is 1.19 bits per heavy atom. The molecule has 0 aliphatic heterocycles. The van der Waals surface area contributed by atoms with E-state index >= 15 is 0 Å². The maximum atomic E-state index is 13.0. The molecule has 86 valence electrons. The SMILES string of the molecule is CCN(CC)C(C#N)c1cc(F)cc(F)c1. The van der Waals surface area contributed by atoms with Gasteiger partial charge in [-0.1, -0.05) is 13.8 Å². The van der Waals surface area contributed by atoms with E-state index in [-0.39, 0.29) is 0 Å². The monoisotopic (exact) mass is 224 g/mol. The fourth-order valence-electron chi connectivity index (χ4n) is 1.69. The highest BCUT2D eigenvalue weighted by Crippen LogP contribution is 2.21. The summed E-state index contributed by atoms with van der Waals surface area (Å²) in [5, 5.41) is 9.06. The van der Waals surface area contributed by atoms with E-state index < -0.39 is 17.7 Å². The molecule has 0 radical (unpaired) electrons. The highest BCUT2D eigenvalue weighted by atomic mass is 19.1. The van der Waals surface area contributed by atoms with Crippen molar-refractivity contribution in [2.45, 2.75) is 19.9 Å². The Kier molecular flexibility index (Phi) is 4.39. The van der Waals surface area contributed by atoms with Crippen LogP contribution in [0, 0.1) is 23.0 Å². The standard InChI is InChI=1S/C12H14F2N2/c1-3-16(4-2)12(8-15)9-5-10(13)7-11(14)6-9/h5-7,12H,3-4H2,1-2H3. The largest absolute Gasteiger partial charge is 0.285 e. The zero-order valence-electron chi connectivity index (χ0n) is 9.37. The number of benzene rings is 1. The quantitative estimate of drug-likeness (QED) is 0.786. The summed E-state index contributed by atoms with van der Waals surface area (Å²) < 4.78 is 26.1. The minimum absolute atomic E-state index is 0.365. The molecule has 16 heavy (non-hydrogen) atoms. The number of halogens is 2. The van der Waals surface area contributed by atoms with Crippen molar-refractivity contribution in [3.63, 3.8) is 0 Å². The summed E-state index contributed by atoms with van der Waals surface area (Å²) in [5.74, 6) is -1.30. The van der Waals surface area contributed by atoms with Crippen LogP contribution in [0.2, 0.25) is 0 Å². The van der Waals surface area contributed by atoms with E-state index in [1.165, 1.54) is 12.1 Å². The number of nitrogens with zero attached hydrogens (tertiary/aromatic N) is 2. The zero-order valence-corrected chi connectivity index (χ0v) is 9.37. The molecule has 1 unspecified atom stereocenters. The number of rotatable bonds is 4. The van der Waals surface area contributed by atoms with Gasteiger partial charge in [-0.3, -0.25) is 4.90 Å². The summed E-state index contributed by atoms with van der Waals surface area (Å²) in [6.07, 6.45) is 0. The smallest absolute Gasteiger partial charge is 0.126 e. The number of nitriles is 1. The van der Waals surface area contributed by atoms with E-state index in [9.17, 15) is 8.78 Å². The average Bonchev–Trinajstić information content (AvgIpc) is 2.24. The Morgan fingerprint density at radius 3 is 2.06 bits per heavy atom. The van der Waals surface area contributed by atoms with Crippen molar-refractivity contribution in [3.05, 3.63) is 35.4 Å². The molecule has 0 amide bonds. The Balaban J connectivity index is 3.08. The molecule has 0 heterocycles. The summed E-state index contributed by atoms with van der Waals surface area (Å²) in [6, 6.07) is 4.68. The summed E-state index contributed by atoms with van der Waals surface area (Å²) >= 11 is 0. The molecule has 0 aromatic heterocycles. The predicted molar refractivity (Wildman–Crippen MR) is 57.6 cm³/mol. The molecule has 4 heteroatoms. The first-order valence-corrected chi connectivity index (χ1v) is 5.22. The van der Waals surface area contributed by atoms with Crippen molar-refractivity contribution < 1.29 is 8.78 Å². The molecule has 2 nitrogen and oxygen atoms in total. The first kappa shape index (κ1) is 12.6. The van der Waals surface area contributed by atoms with Crippen LogP contribution in [0.15, 0.2) is 18.2 Å². The van der Waals surface area contributed by atoms with Gasteiger partial charge in [0.1, 0.15) is 17.7 Å². The van der Waals surface area contributed by atoms with Gasteiger partial charge < -0.3 is 0 Å². The highest BCUT2D eigenvalue weighted by Gasteiger charge is 2.18. The molecular formula is C12H14F2N2. The lowest BCUT2D eigenvalue weighted by atomic mass is 10.1. The van der Waals surface area contributed by atoms with Crippen LogP contribution in [0.1, 0.15) is 25.5 Å². The molecule has 0 aliphatic carbocycles. The van der Waals surface area contributed by atoms with Crippen molar-refractivity contribution >= 4 is 0 Å². The molecule has 1 atom stereocenters. The Morgan fingerprint density at radius 2 is 1.69 bits per heavy atom. The Labute approximate surface area is 94.1 Å². The minimum Gasteiger partial charge on any atom is -0.285 e. The maximum Gasteiger partial charge on any atom is 0.126 e. The van der Waals surface area contributed by atoms with Crippen molar-refractivity contribution in [3.8, 4) is 6.07 Å². The molecule has 0 bridgehead atoms. The van der Waals surface area contributed by atoms with Crippen molar-refractivity contribution in [1.29, 1.82) is 5.26 Å². The van der Waals surface area contributed by atoms with Crippen LogP contribution in [0.25, 0.3) is 0 Å². The van der Waals surface area contributed by atoms with Crippen LogP contribution >= 0.6 is 0 Å². The fourth-order valence-corrected chi connectivity index (χ4v) is 1.69. The summed E-state index contributed by atoms with van der Waals surface area (Å²) in [6.45, 7) is 5.13. The van der Waals surface area contributed by atoms with Crippen LogP contribution in [-0.4, -0.2) is 18.0 Å². The number of hydrogen-bond donors (Lipinski definition) is 0. The van der Waals surface area contributed by atoms with E-state index in [0.29, 0.717) is 18.7 Å². The van der Waals surface area contributed by atoms with Gasteiger partial charge in [-0.25, -0.2) is 8.78 Å². The van der Waals surface area contributed by atoms with E-state index in [2.05, 4.69) is 6.07 Å². The Hall–Kier alpha value is -1.47. The van der Waals surface area contributed by atoms with Crippen LogP contribution in [0.3, 0.4) is 0 Å². The molecule has 0 saturated heterocycles. The summed E-state index contributed by atoms with van der Waals surface area (Å²) in [4.78, 5) is 1.84. The van der Waals surface area contributed by atoms with Crippen LogP contribution < -0.4 is 0 Å². The first-order chi connectivity index (χ1) is 7.62. The third-order valence-electron chi connectivity index (χ3n) is 2.50. The van der Waals surface area contributed by atoms with Gasteiger partial charge in [0.25, 0.3) is 0 Å². The molecular weight excluding hydrogens is 210 g/mol. The molecule has 1 aromatic rings. The number of hydrogen-bond acceptors (Lipinski definition) is 2. The normalized spacial score (nSPS) is 12.5. The van der Waals surface area contributed by atoms with Crippen molar-refractivity contribution in [1.82, 2.24) is 4.90 Å². The molecule has 0 spiro atoms. The first-order valence-electron chi connectivity index (χ1n) is 5.22. The van der Waals surface area contributed by atoms with Gasteiger partial charge in [-0.05, 0) is 30.8 Å². The van der Waals surface area contributed by atoms with Crippen molar-refractivity contribution in [2.75, 3.05) is 13.1 Å². The lowest BCUT2D eigenvalue weighted by molar-refractivity contribution is 0.261. The lowest BCUT2D eigenvalue weighted by Crippen LogP contribution is -2.27. The molecule has 0 N–H and O–H groups in total. The molecule has 0 fully saturated rings. The third kappa shape index (κ3) is 2.77. The lowest BCUT2D eigenvalue weighted by Gasteiger charge is -2.24. The molecule has 1 aromatic carbocycles. The van der Waals surface area contributed by atoms with Gasteiger partial charge >= 0.3 is 0 Å². The van der Waals surface area contributed by atoms with Gasteiger partial charge in [-0.15, -0.1) is 0 Å². The Bertz CT molecular complexity index is 374. The van der Waals surface area contributed by atoms with Crippen LogP contribution in [0.5, 0.6) is 0 Å². The van der Waals surface area contributed by atoms with E-state index in [0.717, 1.165) is 6.07 Å². The summed E-state index contributed by atoms with van der Waals surface area (Å²) in [7, 11) is 0. The van der Waals surface area contributed by atoms with E-state index in [1.54, 1.807) is 0 Å². The van der Waals surface area contributed by atoms with Gasteiger partial charge in [-0.2, -0.15) is 5.26 Å². The third-order valence-corrected chi connectivity index (χ3v) is 2.50. The zero-order chi connectivity index (χ0) is 12.1. The highest BCUT2D eigenvalue weighted by molar-refractivity contribution is 5.25.